The number of carboxylic acids is 1. The highest BCUT2D eigenvalue weighted by Gasteiger charge is 2.10. The summed E-state index contributed by atoms with van der Waals surface area (Å²) >= 11 is 1.29. The first-order valence-corrected chi connectivity index (χ1v) is 6.68. The molecule has 0 radical (unpaired) electrons. The molecule has 1 amide bonds. The fourth-order valence-corrected chi connectivity index (χ4v) is 2.23. The number of anilines is 1. The van der Waals surface area contributed by atoms with Gasteiger partial charge in [-0.2, -0.15) is 0 Å². The van der Waals surface area contributed by atoms with Gasteiger partial charge < -0.3 is 5.11 Å². The van der Waals surface area contributed by atoms with Crippen LogP contribution in [0, 0.1) is 0 Å². The molecule has 20 heavy (non-hydrogen) atoms. The Morgan fingerprint density at radius 3 is 2.65 bits per heavy atom. The van der Waals surface area contributed by atoms with Gasteiger partial charge in [0, 0.05) is 22.6 Å². The van der Waals surface area contributed by atoms with Crippen LogP contribution in [0.5, 0.6) is 0 Å². The number of nitrogens with zero attached hydrogens (tertiary/aromatic N) is 1. The Morgan fingerprint density at radius 1 is 1.30 bits per heavy atom. The number of hydrogen-bond acceptors (Lipinski definition) is 4. The molecule has 0 aliphatic rings. The van der Waals surface area contributed by atoms with Crippen LogP contribution in [0.4, 0.5) is 5.13 Å². The maximum absolute atomic E-state index is 11.7. The summed E-state index contributed by atoms with van der Waals surface area (Å²) in [6.07, 6.45) is 0.862. The summed E-state index contributed by atoms with van der Waals surface area (Å²) in [5.41, 5.74) is 1.85. The normalized spacial score (nSPS) is 11.2. The van der Waals surface area contributed by atoms with Crippen LogP contribution in [0.1, 0.15) is 6.92 Å². The largest absolute Gasteiger partial charge is 0.478 e. The SMILES string of the molecule is C/C(=C\C(=O)O)C(=O)Nc1nc(-c2ccccc2)cs1. The summed E-state index contributed by atoms with van der Waals surface area (Å²) in [6.45, 7) is 1.44. The molecule has 5 nitrogen and oxygen atoms in total. The third-order valence-electron chi connectivity index (χ3n) is 2.49. The molecule has 0 saturated heterocycles. The molecule has 1 aromatic heterocycles. The van der Waals surface area contributed by atoms with Crippen LogP contribution >= 0.6 is 11.3 Å². The highest BCUT2D eigenvalue weighted by Crippen LogP contribution is 2.24. The van der Waals surface area contributed by atoms with Crippen molar-refractivity contribution in [2.75, 3.05) is 5.32 Å². The molecule has 2 N–H and O–H groups in total. The number of aromatic nitrogens is 1. The lowest BCUT2D eigenvalue weighted by molar-refractivity contribution is -0.131. The monoisotopic (exact) mass is 288 g/mol. The number of benzene rings is 1. The first-order chi connectivity index (χ1) is 9.56. The fourth-order valence-electron chi connectivity index (χ4n) is 1.52. The number of carbonyl (C=O) groups is 2. The predicted octanol–water partition coefficient (Wildman–Crippen LogP) is 2.78. The Bertz CT molecular complexity index is 662. The van der Waals surface area contributed by atoms with E-state index in [-0.39, 0.29) is 5.57 Å². The number of amides is 1. The number of hydrogen-bond donors (Lipinski definition) is 2. The van der Waals surface area contributed by atoms with Crippen molar-refractivity contribution in [2.24, 2.45) is 0 Å². The lowest BCUT2D eigenvalue weighted by Crippen LogP contribution is -2.13. The standard InChI is InChI=1S/C14H12N2O3S/c1-9(7-12(17)18)13(19)16-14-15-11(8-20-14)10-5-3-2-4-6-10/h2-8H,1H3,(H,17,18)(H,15,16,19)/b9-7+. The van der Waals surface area contributed by atoms with Gasteiger partial charge in [0.15, 0.2) is 5.13 Å². The zero-order valence-corrected chi connectivity index (χ0v) is 11.5. The topological polar surface area (TPSA) is 79.3 Å². The molecule has 0 atom stereocenters. The number of carbonyl (C=O) groups excluding carboxylic acids is 1. The van der Waals surface area contributed by atoms with E-state index in [1.807, 2.05) is 35.7 Å². The molecule has 0 bridgehead atoms. The van der Waals surface area contributed by atoms with E-state index in [1.54, 1.807) is 0 Å². The summed E-state index contributed by atoms with van der Waals surface area (Å²) in [7, 11) is 0. The van der Waals surface area contributed by atoms with E-state index >= 15 is 0 Å². The molecule has 0 spiro atoms. The van der Waals surface area contributed by atoms with Crippen LogP contribution in [-0.4, -0.2) is 22.0 Å². The average Bonchev–Trinajstić information content (AvgIpc) is 2.87. The summed E-state index contributed by atoms with van der Waals surface area (Å²) in [6, 6.07) is 9.59. The second kappa shape index (κ2) is 6.12. The first-order valence-electron chi connectivity index (χ1n) is 5.80. The Morgan fingerprint density at radius 2 is 2.00 bits per heavy atom. The van der Waals surface area contributed by atoms with Crippen molar-refractivity contribution in [3.63, 3.8) is 0 Å². The van der Waals surface area contributed by atoms with E-state index in [1.165, 1.54) is 18.3 Å². The number of rotatable bonds is 4. The lowest BCUT2D eigenvalue weighted by atomic mass is 10.2. The summed E-state index contributed by atoms with van der Waals surface area (Å²) in [5.74, 6) is -1.62. The van der Waals surface area contributed by atoms with Gasteiger partial charge in [-0.05, 0) is 6.92 Å². The van der Waals surface area contributed by atoms with E-state index < -0.39 is 11.9 Å². The summed E-state index contributed by atoms with van der Waals surface area (Å²) < 4.78 is 0. The molecule has 6 heteroatoms. The van der Waals surface area contributed by atoms with E-state index in [4.69, 9.17) is 5.11 Å². The zero-order valence-electron chi connectivity index (χ0n) is 10.7. The van der Waals surface area contributed by atoms with Gasteiger partial charge in [0.2, 0.25) is 0 Å². The van der Waals surface area contributed by atoms with Gasteiger partial charge in [-0.15, -0.1) is 11.3 Å². The highest BCUT2D eigenvalue weighted by atomic mass is 32.1. The Hall–Kier alpha value is -2.47. The molecule has 2 rings (SSSR count). The smallest absolute Gasteiger partial charge is 0.328 e. The van der Waals surface area contributed by atoms with Gasteiger partial charge in [0.05, 0.1) is 5.69 Å². The van der Waals surface area contributed by atoms with Gasteiger partial charge >= 0.3 is 5.97 Å². The quantitative estimate of drug-likeness (QED) is 0.848. The third-order valence-corrected chi connectivity index (χ3v) is 3.25. The minimum absolute atomic E-state index is 0.119. The third kappa shape index (κ3) is 3.52. The molecule has 0 saturated carbocycles. The van der Waals surface area contributed by atoms with Crippen molar-refractivity contribution < 1.29 is 14.7 Å². The number of aliphatic carboxylic acids is 1. The van der Waals surface area contributed by atoms with Crippen LogP contribution in [0.3, 0.4) is 0 Å². The van der Waals surface area contributed by atoms with E-state index in [0.29, 0.717) is 5.13 Å². The predicted molar refractivity (Wildman–Crippen MR) is 77.6 cm³/mol. The molecule has 0 unspecified atom stereocenters. The molecule has 0 aliphatic heterocycles. The Labute approximate surface area is 119 Å². The molecule has 102 valence electrons. The van der Waals surface area contributed by atoms with Crippen LogP contribution in [0.2, 0.25) is 0 Å². The maximum Gasteiger partial charge on any atom is 0.328 e. The van der Waals surface area contributed by atoms with Gasteiger partial charge in [-0.25, -0.2) is 9.78 Å². The second-order valence-electron chi connectivity index (χ2n) is 4.02. The fraction of sp³-hybridized carbons (Fsp3) is 0.0714. The van der Waals surface area contributed by atoms with E-state index in [2.05, 4.69) is 10.3 Å². The molecule has 1 aromatic carbocycles. The van der Waals surface area contributed by atoms with Crippen molar-refractivity contribution in [1.82, 2.24) is 4.98 Å². The van der Waals surface area contributed by atoms with Gasteiger partial charge in [-0.3, -0.25) is 10.1 Å². The molecule has 1 heterocycles. The molecule has 2 aromatic rings. The molecular formula is C14H12N2O3S. The van der Waals surface area contributed by atoms with Crippen LogP contribution in [0.25, 0.3) is 11.3 Å². The van der Waals surface area contributed by atoms with Crippen molar-refractivity contribution in [3.8, 4) is 11.3 Å². The van der Waals surface area contributed by atoms with Gasteiger partial charge in [0.1, 0.15) is 0 Å². The van der Waals surface area contributed by atoms with Crippen molar-refractivity contribution in [2.45, 2.75) is 6.92 Å². The minimum Gasteiger partial charge on any atom is -0.478 e. The van der Waals surface area contributed by atoms with Crippen LogP contribution < -0.4 is 5.32 Å². The van der Waals surface area contributed by atoms with Crippen molar-refractivity contribution in [3.05, 3.63) is 47.4 Å². The summed E-state index contributed by atoms with van der Waals surface area (Å²) in [5, 5.41) is 13.4. The maximum atomic E-state index is 11.7. The minimum atomic E-state index is -1.15. The van der Waals surface area contributed by atoms with Gasteiger partial charge in [0.25, 0.3) is 5.91 Å². The average molecular weight is 288 g/mol. The Kier molecular flexibility index (Phi) is 4.27. The van der Waals surface area contributed by atoms with E-state index in [0.717, 1.165) is 17.3 Å². The number of nitrogens with one attached hydrogen (secondary N) is 1. The van der Waals surface area contributed by atoms with Crippen LogP contribution in [-0.2, 0) is 9.59 Å². The molecule has 0 aliphatic carbocycles. The van der Waals surface area contributed by atoms with Crippen molar-refractivity contribution in [1.29, 1.82) is 0 Å². The highest BCUT2D eigenvalue weighted by molar-refractivity contribution is 7.14. The first kappa shape index (κ1) is 14.0. The van der Waals surface area contributed by atoms with Gasteiger partial charge in [-0.1, -0.05) is 30.3 Å². The van der Waals surface area contributed by atoms with Crippen molar-refractivity contribution >= 4 is 28.3 Å². The number of carboxylic acid groups (broad SMARTS) is 1. The second-order valence-corrected chi connectivity index (χ2v) is 4.88. The summed E-state index contributed by atoms with van der Waals surface area (Å²) in [4.78, 5) is 26.5. The van der Waals surface area contributed by atoms with E-state index in [9.17, 15) is 9.59 Å². The molecular weight excluding hydrogens is 276 g/mol. The zero-order chi connectivity index (χ0) is 14.5. The Balaban J connectivity index is 2.11. The van der Waals surface area contributed by atoms with Crippen LogP contribution in [0.15, 0.2) is 47.4 Å². The number of thiazole rings is 1. The molecule has 0 fully saturated rings. The lowest BCUT2D eigenvalue weighted by Gasteiger charge is -2.00.